The molecule has 2 N–H and O–H groups in total. The lowest BCUT2D eigenvalue weighted by molar-refractivity contribution is 0.263. The zero-order chi connectivity index (χ0) is 24.5. The highest BCUT2D eigenvalue weighted by Crippen LogP contribution is 2.29. The summed E-state index contributed by atoms with van der Waals surface area (Å²) >= 11 is 0. The van der Waals surface area contributed by atoms with Gasteiger partial charge in [0.25, 0.3) is 0 Å². The highest BCUT2D eigenvalue weighted by molar-refractivity contribution is 8.14. The van der Waals surface area contributed by atoms with Crippen LogP contribution in [0.3, 0.4) is 0 Å². The summed E-state index contributed by atoms with van der Waals surface area (Å²) in [6, 6.07) is 0.505. The molecule has 1 saturated carbocycles. The van der Waals surface area contributed by atoms with Crippen molar-refractivity contribution in [2.75, 3.05) is 37.7 Å². The molecule has 1 fully saturated rings. The maximum absolute atomic E-state index is 5.65. The van der Waals surface area contributed by atoms with Crippen LogP contribution in [0.5, 0.6) is 0 Å². The van der Waals surface area contributed by atoms with Crippen molar-refractivity contribution in [3.63, 3.8) is 0 Å². The Balaban J connectivity index is 2.53. The van der Waals surface area contributed by atoms with Crippen molar-refractivity contribution in [3.05, 3.63) is 24.0 Å². The number of nitrogens with one attached hydrogen (secondary N) is 2. The molecule has 1 rings (SSSR count). The van der Waals surface area contributed by atoms with Crippen molar-refractivity contribution in [1.82, 2.24) is 15.5 Å². The largest absolute Gasteiger partial charge is 0.383 e. The summed E-state index contributed by atoms with van der Waals surface area (Å²) in [7, 11) is 0.227. The van der Waals surface area contributed by atoms with Crippen LogP contribution in [0.15, 0.2) is 24.0 Å². The summed E-state index contributed by atoms with van der Waals surface area (Å²) in [5, 5.41) is 7.37. The maximum Gasteiger partial charge on any atom is 0.0654 e. The van der Waals surface area contributed by atoms with E-state index in [1.54, 1.807) is 0 Å². The van der Waals surface area contributed by atoms with Gasteiger partial charge in [-0.2, -0.15) is 10.5 Å². The minimum absolute atomic E-state index is 0.227. The minimum atomic E-state index is 0.227. The number of nitrogens with zero attached hydrogens (tertiary/aromatic N) is 1. The van der Waals surface area contributed by atoms with Gasteiger partial charge in [0.05, 0.1) is 11.4 Å². The molecule has 2 unspecified atom stereocenters. The van der Waals surface area contributed by atoms with Gasteiger partial charge in [-0.25, -0.2) is 0 Å². The molecule has 4 heteroatoms. The summed E-state index contributed by atoms with van der Waals surface area (Å²) < 4.78 is 0. The highest BCUT2D eigenvalue weighted by Gasteiger charge is 2.24. The molecule has 0 amide bonds. The normalized spacial score (nSPS) is 17.1. The van der Waals surface area contributed by atoms with Gasteiger partial charge in [-0.05, 0) is 56.4 Å². The molecule has 3 nitrogen and oxygen atoms in total. The summed E-state index contributed by atoms with van der Waals surface area (Å²) in [4.78, 5) is 2.48. The number of rotatable bonds is 18. The fourth-order valence-electron chi connectivity index (χ4n) is 4.74. The van der Waals surface area contributed by atoms with E-state index in [1.165, 1.54) is 57.1 Å². The summed E-state index contributed by atoms with van der Waals surface area (Å²) in [5.74, 6) is 11.0. The van der Waals surface area contributed by atoms with Crippen molar-refractivity contribution in [2.45, 2.75) is 91.5 Å². The second kappa shape index (κ2) is 18.2. The molecule has 0 heterocycles. The third-order valence-electron chi connectivity index (χ3n) is 6.94. The summed E-state index contributed by atoms with van der Waals surface area (Å²) in [5.41, 5.74) is 1.94. The van der Waals surface area contributed by atoms with Gasteiger partial charge in [0.1, 0.15) is 0 Å². The lowest BCUT2D eigenvalue weighted by Crippen LogP contribution is -2.38. The fraction of sp³-hybridized carbons (Fsp3) is 0.759. The standard InChI is InChI=1S/C29H53N3S/c1-8-16-28(30-21-15-23-33(7)24-22-32(9-2)10-3)26(6)31-29(20-14-17-25(4)5)27-18-12-11-13-19-27/h1,16,25,27,29-31H,6-7,9-15,17-24H2,2-5H3/b28-16+. The zero-order valence-corrected chi connectivity index (χ0v) is 23.1. The molecule has 190 valence electrons. The SMILES string of the molecule is C#C/C=C(/NCCCS(=C)CCN(CC)CC)C(=C)NC(CCCC(C)C)C1CCCCC1. The Morgan fingerprint density at radius 3 is 2.42 bits per heavy atom. The average Bonchev–Trinajstić information content (AvgIpc) is 2.81. The molecule has 0 aromatic heterocycles. The Morgan fingerprint density at radius 2 is 1.82 bits per heavy atom. The molecular weight excluding hydrogens is 422 g/mol. The summed E-state index contributed by atoms with van der Waals surface area (Å²) in [6.07, 6.45) is 19.2. The lowest BCUT2D eigenvalue weighted by atomic mass is 9.81. The Bertz CT molecular complexity index is 621. The van der Waals surface area contributed by atoms with E-state index in [2.05, 4.69) is 61.6 Å². The quantitative estimate of drug-likeness (QED) is 0.104. The smallest absolute Gasteiger partial charge is 0.0654 e. The van der Waals surface area contributed by atoms with Crippen molar-refractivity contribution >= 4 is 16.4 Å². The van der Waals surface area contributed by atoms with E-state index < -0.39 is 0 Å². The monoisotopic (exact) mass is 475 g/mol. The van der Waals surface area contributed by atoms with E-state index in [4.69, 9.17) is 6.42 Å². The highest BCUT2D eigenvalue weighted by atomic mass is 32.2. The van der Waals surface area contributed by atoms with Crippen LogP contribution in [0.1, 0.15) is 85.5 Å². The van der Waals surface area contributed by atoms with Crippen LogP contribution >= 0.6 is 10.5 Å². The lowest BCUT2D eigenvalue weighted by Gasteiger charge is -2.33. The Labute approximate surface area is 209 Å². The Morgan fingerprint density at radius 1 is 1.12 bits per heavy atom. The third kappa shape index (κ3) is 13.3. The van der Waals surface area contributed by atoms with Gasteiger partial charge in [0.2, 0.25) is 0 Å². The number of hydrogen-bond donors (Lipinski definition) is 2. The number of allylic oxidation sites excluding steroid dienone is 1. The van der Waals surface area contributed by atoms with Crippen LogP contribution in [-0.4, -0.2) is 54.5 Å². The second-order valence-electron chi connectivity index (χ2n) is 10.0. The molecule has 0 aromatic carbocycles. The third-order valence-corrected chi connectivity index (χ3v) is 8.57. The molecule has 0 bridgehead atoms. The molecule has 0 saturated heterocycles. The van der Waals surface area contributed by atoms with E-state index in [1.807, 2.05) is 6.08 Å². The Kier molecular flexibility index (Phi) is 16.5. The van der Waals surface area contributed by atoms with Gasteiger partial charge in [-0.3, -0.25) is 0 Å². The van der Waals surface area contributed by atoms with Gasteiger partial charge >= 0.3 is 0 Å². The molecule has 1 aliphatic carbocycles. The fourth-order valence-corrected chi connectivity index (χ4v) is 6.01. The molecule has 0 aromatic rings. The topological polar surface area (TPSA) is 27.3 Å². The van der Waals surface area contributed by atoms with Crippen molar-refractivity contribution in [1.29, 1.82) is 0 Å². The second-order valence-corrected chi connectivity index (χ2v) is 12.0. The van der Waals surface area contributed by atoms with Crippen LogP contribution in [-0.2, 0) is 0 Å². The predicted molar refractivity (Wildman–Crippen MR) is 153 cm³/mol. The predicted octanol–water partition coefficient (Wildman–Crippen LogP) is 6.40. The van der Waals surface area contributed by atoms with E-state index in [-0.39, 0.29) is 10.5 Å². The molecule has 0 aliphatic heterocycles. The molecular formula is C29H53N3S. The van der Waals surface area contributed by atoms with E-state index >= 15 is 0 Å². The maximum atomic E-state index is 5.65. The van der Waals surface area contributed by atoms with Crippen LogP contribution < -0.4 is 10.6 Å². The van der Waals surface area contributed by atoms with Gasteiger partial charge in [-0.15, -0.1) is 6.42 Å². The van der Waals surface area contributed by atoms with E-state index in [9.17, 15) is 0 Å². The van der Waals surface area contributed by atoms with E-state index in [0.29, 0.717) is 6.04 Å². The van der Waals surface area contributed by atoms with Gasteiger partial charge in [0, 0.05) is 31.0 Å². The number of hydrogen-bond acceptors (Lipinski definition) is 3. The number of terminal acetylenes is 1. The molecule has 1 aliphatic rings. The zero-order valence-electron chi connectivity index (χ0n) is 22.3. The molecule has 0 spiro atoms. The Hall–Kier alpha value is -1.18. The molecule has 0 radical (unpaired) electrons. The first-order valence-electron chi connectivity index (χ1n) is 13.5. The van der Waals surface area contributed by atoms with Crippen molar-refractivity contribution in [3.8, 4) is 12.3 Å². The van der Waals surface area contributed by atoms with Crippen LogP contribution in [0, 0.1) is 24.2 Å². The van der Waals surface area contributed by atoms with Crippen LogP contribution in [0.2, 0.25) is 0 Å². The first-order chi connectivity index (χ1) is 15.9. The minimum Gasteiger partial charge on any atom is -0.383 e. The van der Waals surface area contributed by atoms with Crippen LogP contribution in [0.25, 0.3) is 0 Å². The molecule has 33 heavy (non-hydrogen) atoms. The first kappa shape index (κ1) is 29.9. The first-order valence-corrected chi connectivity index (χ1v) is 15.2. The van der Waals surface area contributed by atoms with E-state index in [0.717, 1.165) is 61.6 Å². The van der Waals surface area contributed by atoms with Gasteiger partial charge in [0.15, 0.2) is 0 Å². The summed E-state index contributed by atoms with van der Waals surface area (Å²) in [6.45, 7) is 17.8. The van der Waals surface area contributed by atoms with Gasteiger partial charge < -0.3 is 15.5 Å². The van der Waals surface area contributed by atoms with Crippen LogP contribution in [0.4, 0.5) is 0 Å². The van der Waals surface area contributed by atoms with Crippen molar-refractivity contribution < 1.29 is 0 Å². The average molecular weight is 476 g/mol. The van der Waals surface area contributed by atoms with Crippen molar-refractivity contribution in [2.24, 2.45) is 11.8 Å². The van der Waals surface area contributed by atoms with Gasteiger partial charge in [-0.1, -0.05) is 78.2 Å². The molecule has 2 atom stereocenters.